The first-order chi connectivity index (χ1) is 9.17. The van der Waals surface area contributed by atoms with Crippen LogP contribution in [-0.2, 0) is 12.8 Å². The van der Waals surface area contributed by atoms with Gasteiger partial charge in [0.2, 0.25) is 5.88 Å². The largest absolute Gasteiger partial charge is 0.481 e. The number of benzene rings is 1. The van der Waals surface area contributed by atoms with Gasteiger partial charge < -0.3 is 10.5 Å². The highest BCUT2D eigenvalue weighted by atomic mass is 19.1. The maximum absolute atomic E-state index is 13.1. The van der Waals surface area contributed by atoms with Crippen molar-refractivity contribution in [3.8, 4) is 5.88 Å². The Morgan fingerprint density at radius 3 is 2.63 bits per heavy atom. The van der Waals surface area contributed by atoms with Crippen LogP contribution in [0.1, 0.15) is 11.1 Å². The molecule has 0 saturated heterocycles. The van der Waals surface area contributed by atoms with Crippen LogP contribution >= 0.6 is 0 Å². The summed E-state index contributed by atoms with van der Waals surface area (Å²) in [5.41, 5.74) is 8.03. The average molecular weight is 260 g/mol. The predicted molar refractivity (Wildman–Crippen MR) is 72.6 cm³/mol. The molecule has 2 rings (SSSR count). The second-order valence-corrected chi connectivity index (χ2v) is 4.51. The van der Waals surface area contributed by atoms with Crippen LogP contribution in [0.5, 0.6) is 5.88 Å². The van der Waals surface area contributed by atoms with Gasteiger partial charge in [-0.25, -0.2) is 9.37 Å². The topological polar surface area (TPSA) is 48.1 Å². The Bertz CT molecular complexity index is 528. The second kappa shape index (κ2) is 6.29. The summed E-state index contributed by atoms with van der Waals surface area (Å²) >= 11 is 0. The van der Waals surface area contributed by atoms with Gasteiger partial charge in [-0.05, 0) is 36.1 Å². The lowest BCUT2D eigenvalue weighted by atomic mass is 10.0. The molecule has 1 aromatic carbocycles. The molecule has 1 unspecified atom stereocenters. The van der Waals surface area contributed by atoms with Gasteiger partial charge in [-0.3, -0.25) is 0 Å². The fourth-order valence-electron chi connectivity index (χ4n) is 1.99. The van der Waals surface area contributed by atoms with Crippen LogP contribution in [0.15, 0.2) is 42.6 Å². The molecule has 100 valence electrons. The minimum absolute atomic E-state index is 0.0583. The summed E-state index contributed by atoms with van der Waals surface area (Å²) < 4.78 is 18.1. The molecule has 0 aliphatic rings. The Hall–Kier alpha value is -1.94. The standard InChI is InChI=1S/C15H17FN2O/c1-19-15-6-5-12(10-18-15)9-14(17)8-11-3-2-4-13(16)7-11/h2-7,10,14H,8-9,17H2,1H3. The first-order valence-corrected chi connectivity index (χ1v) is 6.16. The molecule has 3 nitrogen and oxygen atoms in total. The molecule has 1 aromatic heterocycles. The molecular formula is C15H17FN2O. The lowest BCUT2D eigenvalue weighted by molar-refractivity contribution is 0.397. The number of pyridine rings is 1. The van der Waals surface area contributed by atoms with Crippen LogP contribution in [0.4, 0.5) is 4.39 Å². The third-order valence-electron chi connectivity index (χ3n) is 2.89. The Labute approximate surface area is 112 Å². The number of halogens is 1. The van der Waals surface area contributed by atoms with E-state index in [-0.39, 0.29) is 11.9 Å². The first kappa shape index (κ1) is 13.5. The van der Waals surface area contributed by atoms with E-state index >= 15 is 0 Å². The molecule has 2 aromatic rings. The van der Waals surface area contributed by atoms with Crippen LogP contribution < -0.4 is 10.5 Å². The molecule has 4 heteroatoms. The zero-order valence-corrected chi connectivity index (χ0v) is 10.8. The van der Waals surface area contributed by atoms with Crippen LogP contribution in [-0.4, -0.2) is 18.1 Å². The number of hydrogen-bond acceptors (Lipinski definition) is 3. The van der Waals surface area contributed by atoms with Gasteiger partial charge in [0.15, 0.2) is 0 Å². The van der Waals surface area contributed by atoms with Gasteiger partial charge >= 0.3 is 0 Å². The van der Waals surface area contributed by atoms with Gasteiger partial charge in [0.25, 0.3) is 0 Å². The zero-order valence-electron chi connectivity index (χ0n) is 10.8. The molecule has 0 radical (unpaired) electrons. The van der Waals surface area contributed by atoms with E-state index in [0.717, 1.165) is 11.1 Å². The Balaban J connectivity index is 1.95. The first-order valence-electron chi connectivity index (χ1n) is 6.16. The molecule has 1 atom stereocenters. The summed E-state index contributed by atoms with van der Waals surface area (Å²) in [4.78, 5) is 4.13. The van der Waals surface area contributed by atoms with E-state index in [0.29, 0.717) is 18.7 Å². The van der Waals surface area contributed by atoms with Crippen molar-refractivity contribution in [2.24, 2.45) is 5.73 Å². The number of nitrogens with two attached hydrogens (primary N) is 1. The number of ether oxygens (including phenoxy) is 1. The maximum Gasteiger partial charge on any atom is 0.212 e. The lowest BCUT2D eigenvalue weighted by Crippen LogP contribution is -2.25. The molecule has 0 amide bonds. The van der Waals surface area contributed by atoms with Crippen molar-refractivity contribution in [3.63, 3.8) is 0 Å². The van der Waals surface area contributed by atoms with Crippen molar-refractivity contribution in [3.05, 3.63) is 59.5 Å². The van der Waals surface area contributed by atoms with Crippen LogP contribution in [0, 0.1) is 5.82 Å². The monoisotopic (exact) mass is 260 g/mol. The molecule has 0 saturated carbocycles. The molecular weight excluding hydrogens is 243 g/mol. The van der Waals surface area contributed by atoms with Crippen LogP contribution in [0.3, 0.4) is 0 Å². The van der Waals surface area contributed by atoms with Crippen molar-refractivity contribution < 1.29 is 9.13 Å². The van der Waals surface area contributed by atoms with Gasteiger partial charge in [-0.15, -0.1) is 0 Å². The highest BCUT2D eigenvalue weighted by molar-refractivity contribution is 5.21. The SMILES string of the molecule is COc1ccc(CC(N)Cc2cccc(F)c2)cn1. The van der Waals surface area contributed by atoms with Crippen molar-refractivity contribution in [1.29, 1.82) is 0 Å². The third kappa shape index (κ3) is 4.03. The Morgan fingerprint density at radius 1 is 1.21 bits per heavy atom. The molecule has 0 aliphatic carbocycles. The molecule has 2 N–H and O–H groups in total. The Morgan fingerprint density at radius 2 is 2.00 bits per heavy atom. The summed E-state index contributed by atoms with van der Waals surface area (Å²) in [7, 11) is 1.58. The van der Waals surface area contributed by atoms with E-state index in [1.807, 2.05) is 18.2 Å². The van der Waals surface area contributed by atoms with E-state index in [1.54, 1.807) is 19.4 Å². The normalized spacial score (nSPS) is 12.2. The molecule has 0 aliphatic heterocycles. The number of hydrogen-bond donors (Lipinski definition) is 1. The second-order valence-electron chi connectivity index (χ2n) is 4.51. The van der Waals surface area contributed by atoms with Gasteiger partial charge in [0.1, 0.15) is 5.82 Å². The van der Waals surface area contributed by atoms with E-state index < -0.39 is 0 Å². The fourth-order valence-corrected chi connectivity index (χ4v) is 1.99. The maximum atomic E-state index is 13.1. The van der Waals surface area contributed by atoms with Crippen molar-refractivity contribution >= 4 is 0 Å². The number of rotatable bonds is 5. The van der Waals surface area contributed by atoms with E-state index in [9.17, 15) is 4.39 Å². The van der Waals surface area contributed by atoms with Crippen LogP contribution in [0.2, 0.25) is 0 Å². The van der Waals surface area contributed by atoms with Gasteiger partial charge in [0.05, 0.1) is 7.11 Å². The fraction of sp³-hybridized carbons (Fsp3) is 0.267. The van der Waals surface area contributed by atoms with Crippen molar-refractivity contribution in [2.75, 3.05) is 7.11 Å². The van der Waals surface area contributed by atoms with E-state index in [2.05, 4.69) is 4.98 Å². The van der Waals surface area contributed by atoms with Gasteiger partial charge in [-0.2, -0.15) is 0 Å². The summed E-state index contributed by atoms with van der Waals surface area (Å²) in [6.07, 6.45) is 3.10. The highest BCUT2D eigenvalue weighted by Crippen LogP contribution is 2.11. The van der Waals surface area contributed by atoms with Crippen molar-refractivity contribution in [2.45, 2.75) is 18.9 Å². The third-order valence-corrected chi connectivity index (χ3v) is 2.89. The summed E-state index contributed by atoms with van der Waals surface area (Å²) in [5, 5.41) is 0. The molecule has 0 fully saturated rings. The lowest BCUT2D eigenvalue weighted by Gasteiger charge is -2.12. The zero-order chi connectivity index (χ0) is 13.7. The van der Waals surface area contributed by atoms with E-state index in [1.165, 1.54) is 12.1 Å². The van der Waals surface area contributed by atoms with Gasteiger partial charge in [-0.1, -0.05) is 18.2 Å². The minimum Gasteiger partial charge on any atom is -0.481 e. The minimum atomic E-state index is -0.226. The summed E-state index contributed by atoms with van der Waals surface area (Å²) in [6.45, 7) is 0. The van der Waals surface area contributed by atoms with Crippen LogP contribution in [0.25, 0.3) is 0 Å². The summed E-state index contributed by atoms with van der Waals surface area (Å²) in [6, 6.07) is 10.2. The number of aromatic nitrogens is 1. The summed E-state index contributed by atoms with van der Waals surface area (Å²) in [5.74, 6) is 0.360. The average Bonchev–Trinajstić information content (AvgIpc) is 2.39. The quantitative estimate of drug-likeness (QED) is 0.897. The molecule has 0 bridgehead atoms. The number of nitrogens with zero attached hydrogens (tertiary/aromatic N) is 1. The molecule has 0 spiro atoms. The van der Waals surface area contributed by atoms with E-state index in [4.69, 9.17) is 10.5 Å². The Kier molecular flexibility index (Phi) is 4.47. The highest BCUT2D eigenvalue weighted by Gasteiger charge is 2.07. The number of methoxy groups -OCH3 is 1. The molecule has 19 heavy (non-hydrogen) atoms. The smallest absolute Gasteiger partial charge is 0.212 e. The predicted octanol–water partition coefficient (Wildman–Crippen LogP) is 2.34. The van der Waals surface area contributed by atoms with Crippen molar-refractivity contribution in [1.82, 2.24) is 4.98 Å². The van der Waals surface area contributed by atoms with Gasteiger partial charge in [0, 0.05) is 18.3 Å². The molecule has 1 heterocycles.